The molecule has 1 saturated heterocycles. The Morgan fingerprint density at radius 1 is 1.03 bits per heavy atom. The lowest BCUT2D eigenvalue weighted by Crippen LogP contribution is -2.63. The molecule has 186 valence electrons. The Labute approximate surface area is 210 Å². The highest BCUT2D eigenvalue weighted by molar-refractivity contribution is 7.80. The van der Waals surface area contributed by atoms with Crippen molar-refractivity contribution in [3.8, 4) is 17.2 Å². The minimum absolute atomic E-state index is 0.0205. The largest absolute Gasteiger partial charge is 0.497 e. The van der Waals surface area contributed by atoms with E-state index in [4.69, 9.17) is 26.4 Å². The topological polar surface area (TPSA) is 55.0 Å². The summed E-state index contributed by atoms with van der Waals surface area (Å²) in [4.78, 5) is 2.30. The van der Waals surface area contributed by atoms with Crippen molar-refractivity contribution < 1.29 is 14.2 Å². The van der Waals surface area contributed by atoms with Crippen LogP contribution in [-0.2, 0) is 6.54 Å². The van der Waals surface area contributed by atoms with Gasteiger partial charge < -0.3 is 29.7 Å². The van der Waals surface area contributed by atoms with E-state index in [1.807, 2.05) is 43.3 Å². The molecule has 0 bridgehead atoms. The number of anilines is 1. The van der Waals surface area contributed by atoms with Gasteiger partial charge in [-0.3, -0.25) is 0 Å². The molecule has 3 rings (SSSR count). The number of benzene rings is 2. The molecule has 34 heavy (non-hydrogen) atoms. The fourth-order valence-corrected chi connectivity index (χ4v) is 5.39. The first-order valence-corrected chi connectivity index (χ1v) is 12.3. The maximum Gasteiger partial charge on any atom is 0.174 e. The fraction of sp³-hybridized carbons (Fsp3) is 0.519. The van der Waals surface area contributed by atoms with E-state index in [0.29, 0.717) is 24.0 Å². The van der Waals surface area contributed by atoms with Crippen LogP contribution in [0.15, 0.2) is 42.5 Å². The summed E-state index contributed by atoms with van der Waals surface area (Å²) in [5.41, 5.74) is 1.85. The molecule has 0 unspecified atom stereocenters. The Morgan fingerprint density at radius 3 is 2.32 bits per heavy atom. The van der Waals surface area contributed by atoms with Crippen LogP contribution < -0.4 is 24.8 Å². The molecule has 0 aromatic heterocycles. The molecular weight excluding hydrogens is 446 g/mol. The van der Waals surface area contributed by atoms with Crippen molar-refractivity contribution in [3.05, 3.63) is 48.0 Å². The summed E-state index contributed by atoms with van der Waals surface area (Å²) in [5, 5.41) is 7.88. The average Bonchev–Trinajstić information content (AvgIpc) is 2.76. The molecule has 0 atom stereocenters. The van der Waals surface area contributed by atoms with Crippen molar-refractivity contribution in [2.75, 3.05) is 26.1 Å². The first-order valence-electron chi connectivity index (χ1n) is 11.9. The maximum atomic E-state index is 6.04. The second-order valence-electron chi connectivity index (χ2n) is 10.1. The lowest BCUT2D eigenvalue weighted by molar-refractivity contribution is 0.101. The zero-order valence-corrected chi connectivity index (χ0v) is 22.3. The van der Waals surface area contributed by atoms with Crippen LogP contribution in [0.5, 0.6) is 17.2 Å². The van der Waals surface area contributed by atoms with Gasteiger partial charge in [-0.1, -0.05) is 18.2 Å². The molecule has 2 aromatic carbocycles. The van der Waals surface area contributed by atoms with Gasteiger partial charge in [-0.25, -0.2) is 0 Å². The van der Waals surface area contributed by atoms with Crippen molar-refractivity contribution >= 4 is 23.0 Å². The maximum absolute atomic E-state index is 6.04. The predicted octanol–water partition coefficient (Wildman–Crippen LogP) is 5.61. The SMILES string of the molecule is CCOc1ccccc1CN(C(=S)Nc1cc(OC)ccc1OC)C1CC(C)(C)NC(C)(C)C1. The summed E-state index contributed by atoms with van der Waals surface area (Å²) in [5.74, 6) is 2.34. The van der Waals surface area contributed by atoms with Gasteiger partial charge in [0, 0.05) is 35.3 Å². The molecular formula is C27H39N3O3S. The van der Waals surface area contributed by atoms with E-state index in [1.54, 1.807) is 14.2 Å². The molecule has 0 amide bonds. The quantitative estimate of drug-likeness (QED) is 0.471. The lowest BCUT2D eigenvalue weighted by atomic mass is 9.79. The Kier molecular flexibility index (Phi) is 8.31. The van der Waals surface area contributed by atoms with Crippen molar-refractivity contribution in [1.82, 2.24) is 10.2 Å². The van der Waals surface area contributed by atoms with E-state index in [9.17, 15) is 0 Å². The number of methoxy groups -OCH3 is 2. The third-order valence-corrected chi connectivity index (χ3v) is 6.47. The van der Waals surface area contributed by atoms with Gasteiger partial charge in [0.25, 0.3) is 0 Å². The highest BCUT2D eigenvalue weighted by atomic mass is 32.1. The Morgan fingerprint density at radius 2 is 1.71 bits per heavy atom. The predicted molar refractivity (Wildman–Crippen MR) is 143 cm³/mol. The summed E-state index contributed by atoms with van der Waals surface area (Å²) in [6.07, 6.45) is 1.93. The summed E-state index contributed by atoms with van der Waals surface area (Å²) in [7, 11) is 3.31. The number of thiocarbonyl (C=S) groups is 1. The van der Waals surface area contributed by atoms with Gasteiger partial charge in [-0.05, 0) is 77.9 Å². The molecule has 7 heteroatoms. The highest BCUT2D eigenvalue weighted by Gasteiger charge is 2.40. The molecule has 2 aromatic rings. The molecule has 0 saturated carbocycles. The zero-order valence-electron chi connectivity index (χ0n) is 21.5. The Hall–Kier alpha value is -2.51. The first kappa shape index (κ1) is 26.1. The fourth-order valence-electron chi connectivity index (χ4n) is 5.07. The summed E-state index contributed by atoms with van der Waals surface area (Å²) in [6, 6.07) is 14.1. The lowest BCUT2D eigenvalue weighted by Gasteiger charge is -2.50. The van der Waals surface area contributed by atoms with Crippen molar-refractivity contribution in [3.63, 3.8) is 0 Å². The van der Waals surface area contributed by atoms with Crippen LogP contribution >= 0.6 is 12.2 Å². The Balaban J connectivity index is 1.97. The normalized spacial score (nSPS) is 17.0. The van der Waals surface area contributed by atoms with Gasteiger partial charge in [0.15, 0.2) is 5.11 Å². The monoisotopic (exact) mass is 485 g/mol. The van der Waals surface area contributed by atoms with Crippen LogP contribution in [0.4, 0.5) is 5.69 Å². The van der Waals surface area contributed by atoms with Gasteiger partial charge in [-0.2, -0.15) is 0 Å². The van der Waals surface area contributed by atoms with E-state index in [1.165, 1.54) is 0 Å². The third kappa shape index (κ3) is 6.54. The number of hydrogen-bond donors (Lipinski definition) is 2. The van der Waals surface area contributed by atoms with E-state index >= 15 is 0 Å². The van der Waals surface area contributed by atoms with Gasteiger partial charge >= 0.3 is 0 Å². The molecule has 1 aliphatic heterocycles. The van der Waals surface area contributed by atoms with E-state index in [2.05, 4.69) is 49.3 Å². The van der Waals surface area contributed by atoms with Crippen molar-refractivity contribution in [1.29, 1.82) is 0 Å². The minimum atomic E-state index is -0.0205. The van der Waals surface area contributed by atoms with Crippen LogP contribution in [0, 0.1) is 0 Å². The minimum Gasteiger partial charge on any atom is -0.497 e. The smallest absolute Gasteiger partial charge is 0.174 e. The van der Waals surface area contributed by atoms with Crippen molar-refractivity contribution in [2.24, 2.45) is 0 Å². The van der Waals surface area contributed by atoms with E-state index < -0.39 is 0 Å². The summed E-state index contributed by atoms with van der Waals surface area (Å²) >= 11 is 6.04. The Bertz CT molecular complexity index is 977. The number of para-hydroxylation sites is 1. The average molecular weight is 486 g/mol. The third-order valence-electron chi connectivity index (χ3n) is 6.13. The second-order valence-corrected chi connectivity index (χ2v) is 10.5. The molecule has 0 radical (unpaired) electrons. The number of nitrogens with one attached hydrogen (secondary N) is 2. The van der Waals surface area contributed by atoms with Crippen LogP contribution in [-0.4, -0.2) is 48.0 Å². The van der Waals surface area contributed by atoms with Gasteiger partial charge in [0.2, 0.25) is 0 Å². The van der Waals surface area contributed by atoms with Crippen LogP contribution in [0.2, 0.25) is 0 Å². The van der Waals surface area contributed by atoms with E-state index in [-0.39, 0.29) is 17.1 Å². The molecule has 1 aliphatic rings. The molecule has 1 heterocycles. The zero-order chi connectivity index (χ0) is 24.9. The van der Waals surface area contributed by atoms with Crippen LogP contribution in [0.3, 0.4) is 0 Å². The van der Waals surface area contributed by atoms with Crippen LogP contribution in [0.1, 0.15) is 53.0 Å². The summed E-state index contributed by atoms with van der Waals surface area (Å²) < 4.78 is 16.9. The number of piperidine rings is 1. The number of nitrogens with zero attached hydrogens (tertiary/aromatic N) is 1. The molecule has 0 spiro atoms. The van der Waals surface area contributed by atoms with E-state index in [0.717, 1.165) is 35.6 Å². The van der Waals surface area contributed by atoms with Gasteiger partial charge in [-0.15, -0.1) is 0 Å². The number of rotatable bonds is 8. The highest BCUT2D eigenvalue weighted by Crippen LogP contribution is 2.35. The molecule has 0 aliphatic carbocycles. The summed E-state index contributed by atoms with van der Waals surface area (Å²) in [6.45, 7) is 12.3. The number of hydrogen-bond acceptors (Lipinski definition) is 5. The van der Waals surface area contributed by atoms with Gasteiger partial charge in [0.1, 0.15) is 17.2 Å². The van der Waals surface area contributed by atoms with Crippen molar-refractivity contribution in [2.45, 2.75) is 71.1 Å². The number of ether oxygens (including phenoxy) is 3. The standard InChI is InChI=1S/C27H39N3O3S/c1-8-33-23-12-10-9-11-19(23)18-30(20-16-26(2,3)29-27(4,5)17-20)25(34)28-22-15-21(31-6)13-14-24(22)32-7/h9-15,20,29H,8,16-18H2,1-7H3,(H,28,34). The van der Waals surface area contributed by atoms with Gasteiger partial charge in [0.05, 0.1) is 26.5 Å². The molecule has 1 fully saturated rings. The van der Waals surface area contributed by atoms with Crippen LogP contribution in [0.25, 0.3) is 0 Å². The molecule has 2 N–H and O–H groups in total. The second kappa shape index (κ2) is 10.8. The molecule has 6 nitrogen and oxygen atoms in total. The first-order chi connectivity index (χ1) is 16.1.